The summed E-state index contributed by atoms with van der Waals surface area (Å²) in [4.78, 5) is 49.2. The highest BCUT2D eigenvalue weighted by molar-refractivity contribution is 5.87. The van der Waals surface area contributed by atoms with Gasteiger partial charge in [-0.15, -0.1) is 0 Å². The number of ether oxygens (including phenoxy) is 2. The first-order valence-corrected chi connectivity index (χ1v) is 9.73. The van der Waals surface area contributed by atoms with Crippen LogP contribution < -0.4 is 22.3 Å². The Morgan fingerprint density at radius 1 is 1.35 bits per heavy atom. The van der Waals surface area contributed by atoms with Crippen molar-refractivity contribution in [3.05, 3.63) is 32.9 Å². The summed E-state index contributed by atoms with van der Waals surface area (Å²) < 4.78 is 24.6. The Labute approximate surface area is 176 Å². The van der Waals surface area contributed by atoms with Crippen molar-refractivity contribution in [2.45, 2.75) is 63.8 Å². The van der Waals surface area contributed by atoms with Crippen LogP contribution in [0.15, 0.2) is 15.8 Å². The minimum absolute atomic E-state index is 0.286. The first kappa shape index (κ1) is 24.7. The third-order valence-electron chi connectivity index (χ3n) is 5.10. The van der Waals surface area contributed by atoms with Crippen molar-refractivity contribution in [1.82, 2.24) is 14.9 Å². The lowest BCUT2D eigenvalue weighted by Crippen LogP contribution is -2.51. The molecule has 1 amide bonds. The molecule has 2 rings (SSSR count). The van der Waals surface area contributed by atoms with Crippen molar-refractivity contribution in [2.75, 3.05) is 6.61 Å². The Bertz CT molecular complexity index is 917. The molecule has 174 valence electrons. The zero-order valence-electron chi connectivity index (χ0n) is 17.3. The van der Waals surface area contributed by atoms with E-state index in [0.717, 1.165) is 0 Å². The number of rotatable bonds is 8. The fourth-order valence-corrected chi connectivity index (χ4v) is 2.95. The highest BCUT2D eigenvalue weighted by Crippen LogP contribution is 2.28. The van der Waals surface area contributed by atoms with Gasteiger partial charge in [-0.05, 0) is 12.8 Å². The zero-order chi connectivity index (χ0) is 23.5. The Balaban J connectivity index is 2.10. The first-order chi connectivity index (χ1) is 14.5. The van der Waals surface area contributed by atoms with Gasteiger partial charge in [0.15, 0.2) is 6.23 Å². The van der Waals surface area contributed by atoms with Crippen LogP contribution in [0, 0.1) is 11.7 Å². The predicted octanol–water partition coefficient (Wildman–Crippen LogP) is -2.28. The smallest absolute Gasteiger partial charge is 0.330 e. The van der Waals surface area contributed by atoms with Gasteiger partial charge in [-0.1, -0.05) is 20.3 Å². The molecule has 0 spiro atoms. The van der Waals surface area contributed by atoms with Gasteiger partial charge in [0.2, 0.25) is 11.7 Å². The summed E-state index contributed by atoms with van der Waals surface area (Å²) in [6, 6.07) is -1.84. The molecule has 0 saturated carbocycles. The largest absolute Gasteiger partial charge is 0.461 e. The van der Waals surface area contributed by atoms with Gasteiger partial charge in [0.25, 0.3) is 5.56 Å². The summed E-state index contributed by atoms with van der Waals surface area (Å²) in [7, 11) is 0. The molecular weight excluding hydrogens is 419 g/mol. The van der Waals surface area contributed by atoms with E-state index in [1.54, 1.807) is 11.9 Å². The molecule has 7 atom stereocenters. The van der Waals surface area contributed by atoms with Gasteiger partial charge in [0.05, 0.1) is 12.2 Å². The summed E-state index contributed by atoms with van der Waals surface area (Å²) in [5.41, 5.74) is 3.21. The third-order valence-corrected chi connectivity index (χ3v) is 5.10. The van der Waals surface area contributed by atoms with Crippen molar-refractivity contribution < 1.29 is 33.7 Å². The Hall–Kier alpha value is -2.61. The van der Waals surface area contributed by atoms with Crippen LogP contribution in [0.4, 0.5) is 4.39 Å². The summed E-state index contributed by atoms with van der Waals surface area (Å²) >= 11 is 0. The van der Waals surface area contributed by atoms with E-state index in [0.29, 0.717) is 17.2 Å². The lowest BCUT2D eigenvalue weighted by Gasteiger charge is -2.24. The van der Waals surface area contributed by atoms with E-state index in [1.165, 1.54) is 6.92 Å². The van der Waals surface area contributed by atoms with Crippen molar-refractivity contribution >= 4 is 11.9 Å². The normalized spacial score (nSPS) is 26.2. The van der Waals surface area contributed by atoms with Crippen LogP contribution in [0.1, 0.15) is 33.4 Å². The number of carbonyl (C=O) groups is 2. The zero-order valence-corrected chi connectivity index (χ0v) is 17.3. The van der Waals surface area contributed by atoms with Crippen LogP contribution >= 0.6 is 0 Å². The molecule has 6 N–H and O–H groups in total. The Morgan fingerprint density at radius 3 is 2.58 bits per heavy atom. The molecule has 1 aromatic rings. The maximum atomic E-state index is 13.5. The van der Waals surface area contributed by atoms with Crippen LogP contribution in [0.25, 0.3) is 0 Å². The van der Waals surface area contributed by atoms with E-state index in [-0.39, 0.29) is 5.92 Å². The molecule has 31 heavy (non-hydrogen) atoms. The van der Waals surface area contributed by atoms with E-state index in [2.05, 4.69) is 5.32 Å². The molecule has 0 aromatic carbocycles. The first-order valence-electron chi connectivity index (χ1n) is 9.73. The number of nitrogens with one attached hydrogen (secondary N) is 2. The number of esters is 1. The van der Waals surface area contributed by atoms with Gasteiger partial charge >= 0.3 is 11.7 Å². The van der Waals surface area contributed by atoms with E-state index < -0.39 is 72.2 Å². The van der Waals surface area contributed by atoms with E-state index in [4.69, 9.17) is 15.2 Å². The molecule has 13 heteroatoms. The fourth-order valence-electron chi connectivity index (χ4n) is 2.95. The minimum atomic E-state index is -1.67. The number of nitrogens with two attached hydrogens (primary N) is 1. The average molecular weight is 446 g/mol. The number of nitrogens with zero attached hydrogens (tertiary/aromatic N) is 1. The monoisotopic (exact) mass is 446 g/mol. The predicted molar refractivity (Wildman–Crippen MR) is 103 cm³/mol. The number of carbonyl (C=O) groups excluding carboxylic acids is 2. The van der Waals surface area contributed by atoms with Crippen molar-refractivity contribution in [1.29, 1.82) is 0 Å². The van der Waals surface area contributed by atoms with Gasteiger partial charge in [-0.25, -0.2) is 9.59 Å². The molecule has 12 nitrogen and oxygen atoms in total. The van der Waals surface area contributed by atoms with Gasteiger partial charge in [0, 0.05) is 0 Å². The Morgan fingerprint density at radius 2 is 2.00 bits per heavy atom. The molecule has 2 unspecified atom stereocenters. The molecule has 1 saturated heterocycles. The second kappa shape index (κ2) is 10.1. The van der Waals surface area contributed by atoms with Crippen LogP contribution in [-0.2, 0) is 19.1 Å². The number of hydrogen-bond acceptors (Lipinski definition) is 9. The van der Waals surface area contributed by atoms with Gasteiger partial charge in [0.1, 0.15) is 31.0 Å². The number of amides is 1. The number of halogens is 1. The molecule has 0 aliphatic carbocycles. The van der Waals surface area contributed by atoms with Crippen molar-refractivity contribution in [3.8, 4) is 0 Å². The molecular formula is C18H27FN4O8. The fraction of sp³-hybridized carbons (Fsp3) is 0.667. The van der Waals surface area contributed by atoms with Crippen LogP contribution in [0.3, 0.4) is 0 Å². The van der Waals surface area contributed by atoms with Gasteiger partial charge in [-0.2, -0.15) is 4.39 Å². The van der Waals surface area contributed by atoms with E-state index >= 15 is 0 Å². The molecule has 0 radical (unpaired) electrons. The van der Waals surface area contributed by atoms with Crippen molar-refractivity contribution in [2.24, 2.45) is 11.7 Å². The number of aliphatic hydroxyl groups is 2. The van der Waals surface area contributed by atoms with Gasteiger partial charge in [-0.3, -0.25) is 19.1 Å². The minimum Gasteiger partial charge on any atom is -0.461 e. The number of aromatic nitrogens is 2. The lowest BCUT2D eigenvalue weighted by molar-refractivity contribution is -0.155. The SMILES string of the molecule is CC[C@H](C)[C@H](NC(=O)[C@H](C)N)C(=O)OC[C@@H]1O[C@H](n2cc(F)c(=O)[nH]c2=O)C(O)C1O. The molecule has 0 bridgehead atoms. The number of H-pyrrole nitrogens is 1. The highest BCUT2D eigenvalue weighted by Gasteiger charge is 2.45. The van der Waals surface area contributed by atoms with Crippen molar-refractivity contribution in [3.63, 3.8) is 0 Å². The van der Waals surface area contributed by atoms with Crippen LogP contribution in [0.5, 0.6) is 0 Å². The number of aromatic amines is 1. The van der Waals surface area contributed by atoms with Crippen LogP contribution in [0.2, 0.25) is 0 Å². The lowest BCUT2D eigenvalue weighted by atomic mass is 9.99. The second-order valence-corrected chi connectivity index (χ2v) is 7.48. The molecule has 1 aliphatic rings. The average Bonchev–Trinajstić information content (AvgIpc) is 3.00. The topological polar surface area (TPSA) is 186 Å². The molecule has 1 aliphatic heterocycles. The number of hydrogen-bond donors (Lipinski definition) is 5. The quantitative estimate of drug-likeness (QED) is 0.274. The molecule has 1 fully saturated rings. The summed E-state index contributed by atoms with van der Waals surface area (Å²) in [6.07, 6.45) is -4.95. The van der Waals surface area contributed by atoms with E-state index in [9.17, 15) is 33.8 Å². The van der Waals surface area contributed by atoms with E-state index in [1.807, 2.05) is 6.92 Å². The second-order valence-electron chi connectivity index (χ2n) is 7.48. The summed E-state index contributed by atoms with van der Waals surface area (Å²) in [5.74, 6) is -2.93. The maximum Gasteiger partial charge on any atom is 0.330 e. The maximum absolute atomic E-state index is 13.5. The summed E-state index contributed by atoms with van der Waals surface area (Å²) in [6.45, 7) is 4.48. The molecule has 1 aromatic heterocycles. The third kappa shape index (κ3) is 5.55. The highest BCUT2D eigenvalue weighted by atomic mass is 19.1. The summed E-state index contributed by atoms with van der Waals surface area (Å²) in [5, 5.41) is 22.9. The number of aliphatic hydroxyl groups excluding tert-OH is 2. The Kier molecular flexibility index (Phi) is 8.06. The van der Waals surface area contributed by atoms with Crippen LogP contribution in [-0.4, -0.2) is 68.6 Å². The standard InChI is InChI=1S/C18H27FN4O8/c1-4-7(2)11(21-14(26)8(3)20)17(28)30-6-10-12(24)13(25)16(31-10)23-5-9(19)15(27)22-18(23)29/h5,7-8,10-13,16,24-25H,4,6,20H2,1-3H3,(H,21,26)(H,22,27,29)/t7-,8-,10-,11-,12?,13?,16-/m0/s1. The molecule has 2 heterocycles. The van der Waals surface area contributed by atoms with Gasteiger partial charge < -0.3 is 30.7 Å².